The third-order valence-electron chi connectivity index (χ3n) is 4.15. The fourth-order valence-electron chi connectivity index (χ4n) is 2.87. The van der Waals surface area contributed by atoms with Gasteiger partial charge in [-0.2, -0.15) is 5.10 Å². The number of nitrogens with one attached hydrogen (secondary N) is 2. The summed E-state index contributed by atoms with van der Waals surface area (Å²) in [7, 11) is 0. The Labute approximate surface area is 134 Å². The Bertz CT molecular complexity index is 698. The molecule has 1 atom stereocenters. The normalized spacial score (nSPS) is 17.8. The third-order valence-corrected chi connectivity index (χ3v) is 4.15. The van der Waals surface area contributed by atoms with Crippen LogP contribution in [0, 0.1) is 6.92 Å². The van der Waals surface area contributed by atoms with Crippen LogP contribution in [-0.4, -0.2) is 38.4 Å². The van der Waals surface area contributed by atoms with Crippen LogP contribution in [0.15, 0.2) is 30.9 Å². The van der Waals surface area contributed by atoms with E-state index >= 15 is 0 Å². The summed E-state index contributed by atoms with van der Waals surface area (Å²) in [6, 6.07) is 1.69. The molecule has 0 aliphatic carbocycles. The number of anilines is 1. The summed E-state index contributed by atoms with van der Waals surface area (Å²) >= 11 is 0. The van der Waals surface area contributed by atoms with Crippen LogP contribution in [-0.2, 0) is 9.59 Å². The second-order valence-corrected chi connectivity index (χ2v) is 5.69. The number of aryl methyl sites for hydroxylation is 1. The highest BCUT2D eigenvalue weighted by Gasteiger charge is 2.32. The molecular formula is C16H19N5O2. The first kappa shape index (κ1) is 15.2. The summed E-state index contributed by atoms with van der Waals surface area (Å²) in [6.07, 6.45) is 9.45. The van der Waals surface area contributed by atoms with E-state index in [4.69, 9.17) is 0 Å². The van der Waals surface area contributed by atoms with Crippen molar-refractivity contribution in [3.05, 3.63) is 42.0 Å². The van der Waals surface area contributed by atoms with Crippen molar-refractivity contribution in [2.24, 2.45) is 0 Å². The summed E-state index contributed by atoms with van der Waals surface area (Å²) in [5.74, 6) is -1.14. The topological polar surface area (TPSA) is 91.0 Å². The maximum absolute atomic E-state index is 12.6. The van der Waals surface area contributed by atoms with E-state index in [-0.39, 0.29) is 6.04 Å². The van der Waals surface area contributed by atoms with Gasteiger partial charge in [-0.15, -0.1) is 0 Å². The molecule has 2 aromatic heterocycles. The molecule has 2 amide bonds. The SMILES string of the molecule is Cc1ccncc1NC(=O)C(=O)N1CCCC[C@@H]1c1cn[nH]c1. The van der Waals surface area contributed by atoms with Crippen LogP contribution in [0.4, 0.5) is 5.69 Å². The number of aromatic nitrogens is 3. The smallest absolute Gasteiger partial charge is 0.313 e. The number of aromatic amines is 1. The monoisotopic (exact) mass is 313 g/mol. The van der Waals surface area contributed by atoms with Gasteiger partial charge in [0.2, 0.25) is 0 Å². The van der Waals surface area contributed by atoms with Crippen LogP contribution in [0.3, 0.4) is 0 Å². The molecule has 0 radical (unpaired) electrons. The Balaban J connectivity index is 1.75. The molecule has 7 nitrogen and oxygen atoms in total. The van der Waals surface area contributed by atoms with Gasteiger partial charge >= 0.3 is 11.8 Å². The van der Waals surface area contributed by atoms with Gasteiger partial charge in [0, 0.05) is 24.5 Å². The van der Waals surface area contributed by atoms with Crippen molar-refractivity contribution >= 4 is 17.5 Å². The van der Waals surface area contributed by atoms with Gasteiger partial charge in [-0.1, -0.05) is 0 Å². The van der Waals surface area contributed by atoms with E-state index in [2.05, 4.69) is 20.5 Å². The molecule has 0 aromatic carbocycles. The fourth-order valence-corrected chi connectivity index (χ4v) is 2.87. The van der Waals surface area contributed by atoms with Gasteiger partial charge in [-0.25, -0.2) is 0 Å². The maximum Gasteiger partial charge on any atom is 0.313 e. The molecule has 0 saturated carbocycles. The molecule has 1 aliphatic heterocycles. The second-order valence-electron chi connectivity index (χ2n) is 5.69. The number of piperidine rings is 1. The molecule has 2 aromatic rings. The van der Waals surface area contributed by atoms with Crippen molar-refractivity contribution in [1.29, 1.82) is 0 Å². The van der Waals surface area contributed by atoms with Crippen molar-refractivity contribution < 1.29 is 9.59 Å². The largest absolute Gasteiger partial charge is 0.327 e. The molecule has 23 heavy (non-hydrogen) atoms. The lowest BCUT2D eigenvalue weighted by atomic mass is 9.97. The number of nitrogens with zero attached hydrogens (tertiary/aromatic N) is 3. The van der Waals surface area contributed by atoms with Crippen LogP contribution in [0.2, 0.25) is 0 Å². The van der Waals surface area contributed by atoms with Gasteiger partial charge < -0.3 is 10.2 Å². The number of rotatable bonds is 2. The van der Waals surface area contributed by atoms with Crippen LogP contribution in [0.5, 0.6) is 0 Å². The van der Waals surface area contributed by atoms with E-state index in [1.54, 1.807) is 35.8 Å². The molecule has 0 bridgehead atoms. The molecule has 0 unspecified atom stereocenters. The van der Waals surface area contributed by atoms with E-state index in [0.29, 0.717) is 12.2 Å². The molecule has 3 heterocycles. The highest BCUT2D eigenvalue weighted by Crippen LogP contribution is 2.30. The molecule has 2 N–H and O–H groups in total. The van der Waals surface area contributed by atoms with E-state index in [0.717, 1.165) is 30.4 Å². The number of likely N-dealkylation sites (tertiary alicyclic amines) is 1. The molecule has 1 aliphatic rings. The zero-order chi connectivity index (χ0) is 16.2. The second kappa shape index (κ2) is 6.60. The minimum Gasteiger partial charge on any atom is -0.327 e. The van der Waals surface area contributed by atoms with Crippen LogP contribution >= 0.6 is 0 Å². The molecule has 0 spiro atoms. The number of pyridine rings is 1. The minimum atomic E-state index is -0.628. The van der Waals surface area contributed by atoms with E-state index < -0.39 is 11.8 Å². The van der Waals surface area contributed by atoms with Gasteiger partial charge in [0.15, 0.2) is 0 Å². The third kappa shape index (κ3) is 3.23. The molecule has 7 heteroatoms. The van der Waals surface area contributed by atoms with Crippen LogP contribution in [0.1, 0.15) is 36.4 Å². The van der Waals surface area contributed by atoms with Crippen molar-refractivity contribution in [3.8, 4) is 0 Å². The highest BCUT2D eigenvalue weighted by atomic mass is 16.2. The van der Waals surface area contributed by atoms with Gasteiger partial charge in [0.1, 0.15) is 0 Å². The van der Waals surface area contributed by atoms with Crippen molar-refractivity contribution in [2.75, 3.05) is 11.9 Å². The molecule has 3 rings (SSSR count). The van der Waals surface area contributed by atoms with Crippen LogP contribution in [0.25, 0.3) is 0 Å². The first-order chi connectivity index (χ1) is 11.2. The van der Waals surface area contributed by atoms with Gasteiger partial charge in [0.25, 0.3) is 0 Å². The number of carbonyl (C=O) groups is 2. The Morgan fingerprint density at radius 3 is 2.96 bits per heavy atom. The number of amides is 2. The summed E-state index contributed by atoms with van der Waals surface area (Å²) in [5, 5.41) is 9.37. The summed E-state index contributed by atoms with van der Waals surface area (Å²) in [6.45, 7) is 2.44. The first-order valence-corrected chi connectivity index (χ1v) is 7.68. The Morgan fingerprint density at radius 1 is 1.35 bits per heavy atom. The molecular weight excluding hydrogens is 294 g/mol. The molecule has 1 saturated heterocycles. The Hall–Kier alpha value is -2.70. The van der Waals surface area contributed by atoms with Gasteiger partial charge in [-0.3, -0.25) is 19.7 Å². The van der Waals surface area contributed by atoms with Gasteiger partial charge in [-0.05, 0) is 37.8 Å². The minimum absolute atomic E-state index is 0.101. The predicted octanol–water partition coefficient (Wildman–Crippen LogP) is 1.81. The number of hydrogen-bond donors (Lipinski definition) is 2. The van der Waals surface area contributed by atoms with Gasteiger partial charge in [0.05, 0.1) is 24.1 Å². The predicted molar refractivity (Wildman–Crippen MR) is 84.5 cm³/mol. The Kier molecular flexibility index (Phi) is 4.36. The number of carbonyl (C=O) groups excluding carboxylic acids is 2. The van der Waals surface area contributed by atoms with E-state index in [1.807, 2.05) is 6.92 Å². The number of H-pyrrole nitrogens is 1. The van der Waals surface area contributed by atoms with Crippen molar-refractivity contribution in [2.45, 2.75) is 32.2 Å². The summed E-state index contributed by atoms with van der Waals surface area (Å²) < 4.78 is 0. The van der Waals surface area contributed by atoms with E-state index in [1.165, 1.54) is 0 Å². The standard InChI is InChI=1S/C16H19N5O2/c1-11-5-6-17-10-13(11)20-15(22)16(23)21-7-3-2-4-14(21)12-8-18-19-9-12/h5-6,8-10,14H,2-4,7H2,1H3,(H,18,19)(H,20,22)/t14-/m1/s1. The highest BCUT2D eigenvalue weighted by molar-refractivity contribution is 6.39. The lowest BCUT2D eigenvalue weighted by molar-refractivity contribution is -0.145. The average molecular weight is 313 g/mol. The summed E-state index contributed by atoms with van der Waals surface area (Å²) in [4.78, 5) is 30.5. The first-order valence-electron chi connectivity index (χ1n) is 7.68. The lowest BCUT2D eigenvalue weighted by Gasteiger charge is -2.34. The van der Waals surface area contributed by atoms with Crippen molar-refractivity contribution in [3.63, 3.8) is 0 Å². The fraction of sp³-hybridized carbons (Fsp3) is 0.375. The zero-order valence-corrected chi connectivity index (χ0v) is 13.0. The van der Waals surface area contributed by atoms with Crippen LogP contribution < -0.4 is 5.32 Å². The number of hydrogen-bond acceptors (Lipinski definition) is 4. The lowest BCUT2D eigenvalue weighted by Crippen LogP contribution is -2.44. The average Bonchev–Trinajstić information content (AvgIpc) is 3.10. The van der Waals surface area contributed by atoms with Crippen molar-refractivity contribution in [1.82, 2.24) is 20.1 Å². The van der Waals surface area contributed by atoms with E-state index in [9.17, 15) is 9.59 Å². The molecule has 1 fully saturated rings. The molecule has 120 valence electrons. The quantitative estimate of drug-likeness (QED) is 0.827. The maximum atomic E-state index is 12.6. The Morgan fingerprint density at radius 2 is 2.22 bits per heavy atom. The zero-order valence-electron chi connectivity index (χ0n) is 13.0. The summed E-state index contributed by atoms with van der Waals surface area (Å²) in [5.41, 5.74) is 2.36.